The van der Waals surface area contributed by atoms with E-state index in [0.717, 1.165) is 0 Å². The van der Waals surface area contributed by atoms with Crippen LogP contribution in [0.4, 0.5) is 0 Å². The van der Waals surface area contributed by atoms with Gasteiger partial charge in [-0.3, -0.25) is 9.67 Å². The number of hydrogen-bond donors (Lipinski definition) is 2. The van der Waals surface area contributed by atoms with E-state index in [2.05, 4.69) is 10.2 Å². The van der Waals surface area contributed by atoms with E-state index in [4.69, 9.17) is 12.2 Å². The van der Waals surface area contributed by atoms with Crippen LogP contribution in [0.5, 0.6) is 0 Å². The average molecular weight is 202 g/mol. The van der Waals surface area contributed by atoms with Crippen LogP contribution in [0, 0.1) is 4.77 Å². The normalized spacial score (nSPS) is 13.5. The van der Waals surface area contributed by atoms with Crippen molar-refractivity contribution in [3.63, 3.8) is 0 Å². The van der Waals surface area contributed by atoms with Crippen LogP contribution in [0.1, 0.15) is 6.92 Å². The van der Waals surface area contributed by atoms with Gasteiger partial charge < -0.3 is 4.90 Å². The van der Waals surface area contributed by atoms with Crippen LogP contribution in [0.15, 0.2) is 4.79 Å². The minimum Gasteiger partial charge on any atom is -0.305 e. The molecule has 0 saturated heterocycles. The summed E-state index contributed by atoms with van der Waals surface area (Å²) in [7, 11) is 3.93. The Morgan fingerprint density at radius 2 is 2.15 bits per heavy atom. The molecule has 0 spiro atoms. The maximum Gasteiger partial charge on any atom is 0.342 e. The smallest absolute Gasteiger partial charge is 0.305 e. The highest BCUT2D eigenvalue weighted by molar-refractivity contribution is 7.71. The van der Waals surface area contributed by atoms with Gasteiger partial charge in [-0.15, -0.1) is 0 Å². The second kappa shape index (κ2) is 3.89. The Hall–Kier alpha value is -0.880. The molecule has 0 aliphatic heterocycles. The summed E-state index contributed by atoms with van der Waals surface area (Å²) >= 11 is 4.94. The third kappa shape index (κ3) is 2.28. The molecular formula is C7H14N4OS. The van der Waals surface area contributed by atoms with Crippen LogP contribution in [0.25, 0.3) is 0 Å². The van der Waals surface area contributed by atoms with Gasteiger partial charge in [-0.25, -0.2) is 9.89 Å². The molecule has 0 saturated carbocycles. The number of likely N-dealkylation sites (N-methyl/N-ethyl adjacent to an activating group) is 1. The van der Waals surface area contributed by atoms with Gasteiger partial charge in [0, 0.05) is 12.6 Å². The third-order valence-corrected chi connectivity index (χ3v) is 2.42. The molecule has 0 amide bonds. The van der Waals surface area contributed by atoms with Gasteiger partial charge >= 0.3 is 5.69 Å². The van der Waals surface area contributed by atoms with Crippen LogP contribution in [-0.4, -0.2) is 39.8 Å². The number of hydrogen-bond acceptors (Lipinski definition) is 3. The first-order valence-electron chi connectivity index (χ1n) is 4.06. The van der Waals surface area contributed by atoms with Crippen molar-refractivity contribution in [1.82, 2.24) is 19.7 Å². The standard InChI is InChI=1S/C7H14N4OS/c1-5(10(2)3)4-11-6(12)8-9-7(11)13/h5H,4H2,1-3H3,(H,8,12)(H,9,13). The summed E-state index contributed by atoms with van der Waals surface area (Å²) in [6.45, 7) is 2.64. The molecule has 1 aromatic rings. The van der Waals surface area contributed by atoms with Gasteiger partial charge in [0.2, 0.25) is 0 Å². The number of aromatic nitrogens is 3. The zero-order valence-corrected chi connectivity index (χ0v) is 8.81. The molecule has 0 aromatic carbocycles. The van der Waals surface area contributed by atoms with E-state index < -0.39 is 0 Å². The van der Waals surface area contributed by atoms with Gasteiger partial charge in [0.1, 0.15) is 0 Å². The Balaban J connectivity index is 2.86. The van der Waals surface area contributed by atoms with Crippen molar-refractivity contribution in [3.05, 3.63) is 15.3 Å². The summed E-state index contributed by atoms with van der Waals surface area (Å²) in [4.78, 5) is 13.2. The predicted molar refractivity (Wildman–Crippen MR) is 53.4 cm³/mol. The van der Waals surface area contributed by atoms with Gasteiger partial charge in [-0.1, -0.05) is 0 Å². The van der Waals surface area contributed by atoms with Crippen molar-refractivity contribution >= 4 is 12.2 Å². The molecule has 1 aromatic heterocycles. The van der Waals surface area contributed by atoms with Crippen LogP contribution >= 0.6 is 12.2 Å². The number of nitrogens with one attached hydrogen (secondary N) is 2. The molecule has 0 fully saturated rings. The minimum absolute atomic E-state index is 0.182. The summed E-state index contributed by atoms with van der Waals surface area (Å²) in [6, 6.07) is 0.281. The predicted octanol–water partition coefficient (Wildman–Crippen LogP) is 0.184. The molecule has 13 heavy (non-hydrogen) atoms. The van der Waals surface area contributed by atoms with Crippen molar-refractivity contribution in [2.75, 3.05) is 14.1 Å². The van der Waals surface area contributed by atoms with E-state index >= 15 is 0 Å². The lowest BCUT2D eigenvalue weighted by Gasteiger charge is -2.18. The topological polar surface area (TPSA) is 56.8 Å². The third-order valence-electron chi connectivity index (χ3n) is 2.10. The van der Waals surface area contributed by atoms with Crippen molar-refractivity contribution in [2.45, 2.75) is 19.5 Å². The first-order chi connectivity index (χ1) is 6.02. The molecule has 2 N–H and O–H groups in total. The second-order valence-corrected chi connectivity index (χ2v) is 3.67. The number of H-pyrrole nitrogens is 2. The molecule has 1 unspecified atom stereocenters. The van der Waals surface area contributed by atoms with Crippen molar-refractivity contribution in [3.8, 4) is 0 Å². The summed E-state index contributed by atoms with van der Waals surface area (Å²) in [5.41, 5.74) is -0.182. The second-order valence-electron chi connectivity index (χ2n) is 3.28. The Bertz CT molecular complexity index is 347. The first kappa shape index (κ1) is 10.2. The number of rotatable bonds is 3. The molecule has 1 atom stereocenters. The molecule has 74 valence electrons. The molecule has 0 aliphatic carbocycles. The Kier molecular flexibility index (Phi) is 3.05. The average Bonchev–Trinajstić information content (AvgIpc) is 2.35. The minimum atomic E-state index is -0.182. The van der Waals surface area contributed by atoms with Crippen LogP contribution in [0.2, 0.25) is 0 Å². The molecule has 0 bridgehead atoms. The maximum atomic E-state index is 11.2. The summed E-state index contributed by atoms with van der Waals surface area (Å²) < 4.78 is 1.96. The van der Waals surface area contributed by atoms with Gasteiger partial charge in [-0.05, 0) is 33.2 Å². The quantitative estimate of drug-likeness (QED) is 0.688. The van der Waals surface area contributed by atoms with E-state index in [0.29, 0.717) is 11.3 Å². The lowest BCUT2D eigenvalue weighted by molar-refractivity contribution is 0.281. The molecule has 0 radical (unpaired) electrons. The van der Waals surface area contributed by atoms with Crippen molar-refractivity contribution in [2.24, 2.45) is 0 Å². The fourth-order valence-electron chi connectivity index (χ4n) is 0.927. The van der Waals surface area contributed by atoms with Gasteiger partial charge in [0.15, 0.2) is 4.77 Å². The molecule has 1 heterocycles. The zero-order valence-electron chi connectivity index (χ0n) is 8.00. The van der Waals surface area contributed by atoms with E-state index in [-0.39, 0.29) is 11.7 Å². The largest absolute Gasteiger partial charge is 0.342 e. The highest BCUT2D eigenvalue weighted by Gasteiger charge is 2.08. The lowest BCUT2D eigenvalue weighted by atomic mass is 10.3. The Morgan fingerprint density at radius 3 is 2.54 bits per heavy atom. The van der Waals surface area contributed by atoms with Crippen LogP contribution < -0.4 is 5.69 Å². The highest BCUT2D eigenvalue weighted by atomic mass is 32.1. The van der Waals surface area contributed by atoms with Crippen molar-refractivity contribution in [1.29, 1.82) is 0 Å². The van der Waals surface area contributed by atoms with Gasteiger partial charge in [-0.2, -0.15) is 0 Å². The zero-order chi connectivity index (χ0) is 10.0. The highest BCUT2D eigenvalue weighted by Crippen LogP contribution is 1.94. The Labute approximate surface area is 81.4 Å². The maximum absolute atomic E-state index is 11.2. The van der Waals surface area contributed by atoms with Gasteiger partial charge in [0.05, 0.1) is 0 Å². The monoisotopic (exact) mass is 202 g/mol. The fourth-order valence-corrected chi connectivity index (χ4v) is 1.14. The summed E-state index contributed by atoms with van der Waals surface area (Å²) in [6.07, 6.45) is 0. The van der Waals surface area contributed by atoms with E-state index in [1.807, 2.05) is 25.9 Å². The molecule has 6 heteroatoms. The van der Waals surface area contributed by atoms with Crippen LogP contribution in [0.3, 0.4) is 0 Å². The summed E-state index contributed by atoms with van der Waals surface area (Å²) in [5.74, 6) is 0. The molecule has 5 nitrogen and oxygen atoms in total. The fraction of sp³-hybridized carbons (Fsp3) is 0.714. The van der Waals surface area contributed by atoms with E-state index in [1.165, 1.54) is 4.57 Å². The van der Waals surface area contributed by atoms with E-state index in [9.17, 15) is 4.79 Å². The number of aromatic amines is 2. The summed E-state index contributed by atoms with van der Waals surface area (Å²) in [5, 5.41) is 5.04. The SMILES string of the molecule is CC(Cn1c(=O)[nH][nH]c1=S)N(C)C. The Morgan fingerprint density at radius 1 is 1.54 bits per heavy atom. The van der Waals surface area contributed by atoms with Gasteiger partial charge in [0.25, 0.3) is 0 Å². The first-order valence-corrected chi connectivity index (χ1v) is 4.47. The molecule has 1 rings (SSSR count). The number of nitrogens with zero attached hydrogens (tertiary/aromatic N) is 2. The van der Waals surface area contributed by atoms with E-state index in [1.54, 1.807) is 0 Å². The molecular weight excluding hydrogens is 188 g/mol. The van der Waals surface area contributed by atoms with Crippen molar-refractivity contribution < 1.29 is 0 Å². The van der Waals surface area contributed by atoms with Crippen LogP contribution in [-0.2, 0) is 6.54 Å². The molecule has 0 aliphatic rings. The lowest BCUT2D eigenvalue weighted by Crippen LogP contribution is -2.32.